The Bertz CT molecular complexity index is 662. The fraction of sp³-hybridized carbons (Fsp3) is 0.0714. The molecule has 1 amide bonds. The SMILES string of the molecule is COc1ccc(NC(=O)c2ccc(F)cc2N)cc1Cl. The summed E-state index contributed by atoms with van der Waals surface area (Å²) < 4.78 is 17.9. The second-order valence-electron chi connectivity index (χ2n) is 4.04. The van der Waals surface area contributed by atoms with Gasteiger partial charge in [0.05, 0.1) is 17.7 Å². The van der Waals surface area contributed by atoms with Crippen LogP contribution >= 0.6 is 11.6 Å². The first-order chi connectivity index (χ1) is 9.51. The highest BCUT2D eigenvalue weighted by Crippen LogP contribution is 2.27. The van der Waals surface area contributed by atoms with Gasteiger partial charge in [-0.15, -0.1) is 0 Å². The highest BCUT2D eigenvalue weighted by Gasteiger charge is 2.11. The van der Waals surface area contributed by atoms with E-state index in [1.54, 1.807) is 18.2 Å². The van der Waals surface area contributed by atoms with Gasteiger partial charge in [0.25, 0.3) is 5.91 Å². The molecule has 0 unspecified atom stereocenters. The molecule has 0 aliphatic carbocycles. The van der Waals surface area contributed by atoms with Gasteiger partial charge < -0.3 is 15.8 Å². The molecule has 2 aromatic rings. The van der Waals surface area contributed by atoms with Crippen molar-refractivity contribution in [3.63, 3.8) is 0 Å². The van der Waals surface area contributed by atoms with E-state index >= 15 is 0 Å². The minimum atomic E-state index is -0.494. The number of hydrogen-bond acceptors (Lipinski definition) is 3. The van der Waals surface area contributed by atoms with E-state index in [1.807, 2.05) is 0 Å². The van der Waals surface area contributed by atoms with Crippen LogP contribution in [0, 0.1) is 5.82 Å². The predicted octanol–water partition coefficient (Wildman–Crippen LogP) is 3.32. The van der Waals surface area contributed by atoms with Crippen LogP contribution in [0.4, 0.5) is 15.8 Å². The maximum atomic E-state index is 12.9. The van der Waals surface area contributed by atoms with Gasteiger partial charge in [-0.05, 0) is 36.4 Å². The Labute approximate surface area is 120 Å². The van der Waals surface area contributed by atoms with Gasteiger partial charge in [-0.3, -0.25) is 4.79 Å². The summed E-state index contributed by atoms with van der Waals surface area (Å²) in [6.45, 7) is 0. The molecule has 0 heterocycles. The van der Waals surface area contributed by atoms with Crippen LogP contribution in [0.2, 0.25) is 5.02 Å². The van der Waals surface area contributed by atoms with Crippen LogP contribution in [0.15, 0.2) is 36.4 Å². The van der Waals surface area contributed by atoms with Gasteiger partial charge in [-0.2, -0.15) is 0 Å². The fourth-order valence-corrected chi connectivity index (χ4v) is 1.94. The summed E-state index contributed by atoms with van der Waals surface area (Å²) in [4.78, 5) is 12.0. The Morgan fingerprint density at radius 3 is 2.65 bits per heavy atom. The number of rotatable bonds is 3. The molecule has 3 N–H and O–H groups in total. The number of benzene rings is 2. The van der Waals surface area contributed by atoms with E-state index in [9.17, 15) is 9.18 Å². The molecule has 0 aromatic heterocycles. The molecular formula is C14H12ClFN2O2. The Morgan fingerprint density at radius 2 is 2.05 bits per heavy atom. The van der Waals surface area contributed by atoms with Crippen LogP contribution in [0.5, 0.6) is 5.75 Å². The predicted molar refractivity (Wildman–Crippen MR) is 76.8 cm³/mol. The molecule has 0 atom stereocenters. The number of nitrogens with one attached hydrogen (secondary N) is 1. The van der Waals surface area contributed by atoms with Gasteiger partial charge in [0.15, 0.2) is 0 Å². The van der Waals surface area contributed by atoms with Gasteiger partial charge in [0.2, 0.25) is 0 Å². The summed E-state index contributed by atoms with van der Waals surface area (Å²) in [6.07, 6.45) is 0. The van der Waals surface area contributed by atoms with Crippen LogP contribution < -0.4 is 15.8 Å². The second-order valence-corrected chi connectivity index (χ2v) is 4.44. The molecule has 20 heavy (non-hydrogen) atoms. The Balaban J connectivity index is 2.21. The molecule has 0 saturated carbocycles. The molecular weight excluding hydrogens is 283 g/mol. The minimum absolute atomic E-state index is 0.0714. The lowest BCUT2D eigenvalue weighted by Crippen LogP contribution is -2.14. The highest BCUT2D eigenvalue weighted by molar-refractivity contribution is 6.32. The van der Waals surface area contributed by atoms with E-state index < -0.39 is 11.7 Å². The highest BCUT2D eigenvalue weighted by atomic mass is 35.5. The quantitative estimate of drug-likeness (QED) is 0.854. The molecule has 104 valence electrons. The van der Waals surface area contributed by atoms with E-state index in [2.05, 4.69) is 5.32 Å². The van der Waals surface area contributed by atoms with Crippen molar-refractivity contribution < 1.29 is 13.9 Å². The van der Waals surface area contributed by atoms with Crippen molar-refractivity contribution in [1.29, 1.82) is 0 Å². The van der Waals surface area contributed by atoms with Crippen molar-refractivity contribution in [2.45, 2.75) is 0 Å². The number of methoxy groups -OCH3 is 1. The molecule has 2 rings (SSSR count). The Kier molecular flexibility index (Phi) is 4.10. The Hall–Kier alpha value is -2.27. The molecule has 2 aromatic carbocycles. The number of hydrogen-bond donors (Lipinski definition) is 2. The van der Waals surface area contributed by atoms with Crippen molar-refractivity contribution in [1.82, 2.24) is 0 Å². The molecule has 0 spiro atoms. The largest absolute Gasteiger partial charge is 0.495 e. The normalized spacial score (nSPS) is 10.2. The van der Waals surface area contributed by atoms with E-state index in [0.717, 1.165) is 6.07 Å². The lowest BCUT2D eigenvalue weighted by molar-refractivity contribution is 0.102. The molecule has 0 fully saturated rings. The van der Waals surface area contributed by atoms with Gasteiger partial charge in [-0.25, -0.2) is 4.39 Å². The third-order valence-electron chi connectivity index (χ3n) is 2.67. The molecule has 0 bridgehead atoms. The summed E-state index contributed by atoms with van der Waals surface area (Å²) in [5, 5.41) is 3.00. The van der Waals surface area contributed by atoms with Crippen molar-refractivity contribution >= 4 is 28.9 Å². The number of anilines is 2. The Morgan fingerprint density at radius 1 is 1.30 bits per heavy atom. The first-order valence-corrected chi connectivity index (χ1v) is 6.09. The molecule has 0 aliphatic heterocycles. The van der Waals surface area contributed by atoms with E-state index in [4.69, 9.17) is 22.1 Å². The van der Waals surface area contributed by atoms with Crippen molar-refractivity contribution in [2.24, 2.45) is 0 Å². The van der Waals surface area contributed by atoms with Crippen molar-refractivity contribution in [3.8, 4) is 5.75 Å². The number of nitrogen functional groups attached to an aromatic ring is 1. The molecule has 4 nitrogen and oxygen atoms in total. The number of halogens is 2. The average Bonchev–Trinajstić information content (AvgIpc) is 2.38. The fourth-order valence-electron chi connectivity index (χ4n) is 1.68. The number of ether oxygens (including phenoxy) is 1. The first-order valence-electron chi connectivity index (χ1n) is 5.71. The number of amides is 1. The number of nitrogens with two attached hydrogens (primary N) is 1. The molecule has 0 saturated heterocycles. The van der Waals surface area contributed by atoms with E-state index in [0.29, 0.717) is 16.5 Å². The maximum absolute atomic E-state index is 12.9. The van der Waals surface area contributed by atoms with Crippen LogP contribution in [-0.2, 0) is 0 Å². The van der Waals surface area contributed by atoms with Crippen LogP contribution in [0.1, 0.15) is 10.4 Å². The summed E-state index contributed by atoms with van der Waals surface area (Å²) in [5.74, 6) is -0.429. The summed E-state index contributed by atoms with van der Waals surface area (Å²) in [6, 6.07) is 8.42. The monoisotopic (exact) mass is 294 g/mol. The third kappa shape index (κ3) is 3.00. The topological polar surface area (TPSA) is 64.3 Å². The average molecular weight is 295 g/mol. The lowest BCUT2D eigenvalue weighted by Gasteiger charge is -2.09. The maximum Gasteiger partial charge on any atom is 0.257 e. The molecule has 0 radical (unpaired) electrons. The molecule has 0 aliphatic rings. The van der Waals surface area contributed by atoms with Crippen molar-refractivity contribution in [2.75, 3.05) is 18.2 Å². The van der Waals surface area contributed by atoms with Crippen LogP contribution in [0.25, 0.3) is 0 Å². The second kappa shape index (κ2) is 5.79. The van der Waals surface area contributed by atoms with Gasteiger partial charge in [0.1, 0.15) is 11.6 Å². The smallest absolute Gasteiger partial charge is 0.257 e. The lowest BCUT2D eigenvalue weighted by atomic mass is 10.1. The summed E-state index contributed by atoms with van der Waals surface area (Å²) >= 11 is 5.96. The van der Waals surface area contributed by atoms with Gasteiger partial charge in [-0.1, -0.05) is 11.6 Å². The number of carbonyl (C=O) groups is 1. The van der Waals surface area contributed by atoms with Crippen LogP contribution in [0.3, 0.4) is 0 Å². The minimum Gasteiger partial charge on any atom is -0.495 e. The standard InChI is InChI=1S/C14H12ClFN2O2/c1-20-13-5-3-9(7-11(13)15)18-14(19)10-4-2-8(16)6-12(10)17/h2-7H,17H2,1H3,(H,18,19). The third-order valence-corrected chi connectivity index (χ3v) is 2.96. The van der Waals surface area contributed by atoms with E-state index in [1.165, 1.54) is 19.2 Å². The zero-order valence-corrected chi connectivity index (χ0v) is 11.4. The van der Waals surface area contributed by atoms with Crippen LogP contribution in [-0.4, -0.2) is 13.0 Å². The molecule has 6 heteroatoms. The van der Waals surface area contributed by atoms with Gasteiger partial charge >= 0.3 is 0 Å². The van der Waals surface area contributed by atoms with Crippen molar-refractivity contribution in [3.05, 3.63) is 52.8 Å². The number of carbonyl (C=O) groups excluding carboxylic acids is 1. The first kappa shape index (κ1) is 14.1. The zero-order chi connectivity index (χ0) is 14.7. The van der Waals surface area contributed by atoms with Gasteiger partial charge in [0, 0.05) is 11.4 Å². The summed E-state index contributed by atoms with van der Waals surface area (Å²) in [7, 11) is 1.50. The summed E-state index contributed by atoms with van der Waals surface area (Å²) in [5.41, 5.74) is 6.36. The van der Waals surface area contributed by atoms with E-state index in [-0.39, 0.29) is 11.3 Å². The zero-order valence-electron chi connectivity index (χ0n) is 10.6.